The molecule has 1 fully saturated rings. The number of pyridine rings is 1. The average molecular weight is 424 g/mol. The number of H-pyrrole nitrogens is 1. The van der Waals surface area contributed by atoms with Crippen LogP contribution in [-0.4, -0.2) is 40.9 Å². The number of piperidine rings is 1. The Kier molecular flexibility index (Phi) is 5.19. The van der Waals surface area contributed by atoms with E-state index >= 15 is 0 Å². The molecule has 2 aromatic heterocycles. The lowest BCUT2D eigenvalue weighted by atomic mass is 9.91. The van der Waals surface area contributed by atoms with Crippen LogP contribution in [0.1, 0.15) is 34.7 Å². The monoisotopic (exact) mass is 424 g/mol. The number of hydrogen-bond donors (Lipinski definition) is 2. The molecule has 3 aromatic rings. The molecule has 2 N–H and O–H groups in total. The van der Waals surface area contributed by atoms with Crippen LogP contribution in [0, 0.1) is 29.1 Å². The first-order valence-electron chi connectivity index (χ1n) is 9.27. The molecule has 4 rings (SSSR count). The number of fused-ring (bicyclic) bond motifs is 1. The Bertz CT molecular complexity index is 1110. The third kappa shape index (κ3) is 3.41. The maximum Gasteiger partial charge on any atom is 0.263 e. The van der Waals surface area contributed by atoms with Crippen LogP contribution in [0.2, 0.25) is 0 Å². The highest BCUT2D eigenvalue weighted by molar-refractivity contribution is 6.04. The molecule has 1 aliphatic heterocycles. The molecular weight excluding hydrogens is 407 g/mol. The molecule has 158 valence electrons. The number of carbonyl (C=O) groups is 1. The summed E-state index contributed by atoms with van der Waals surface area (Å²) in [6, 6.07) is 3.00. The summed E-state index contributed by atoms with van der Waals surface area (Å²) in [6.45, 7) is 1.85. The summed E-state index contributed by atoms with van der Waals surface area (Å²) in [7, 11) is 2.04. The number of hydrogen-bond acceptors (Lipinski definition) is 3. The molecule has 0 bridgehead atoms. The lowest BCUT2D eigenvalue weighted by Gasteiger charge is -2.28. The Morgan fingerprint density at radius 2 is 1.63 bits per heavy atom. The van der Waals surface area contributed by atoms with Gasteiger partial charge in [0, 0.05) is 6.20 Å². The van der Waals surface area contributed by atoms with Gasteiger partial charge >= 0.3 is 0 Å². The van der Waals surface area contributed by atoms with Gasteiger partial charge in [-0.1, -0.05) is 0 Å². The maximum atomic E-state index is 13.9. The van der Waals surface area contributed by atoms with E-state index in [0.717, 1.165) is 31.5 Å². The van der Waals surface area contributed by atoms with Crippen molar-refractivity contribution in [2.75, 3.05) is 25.5 Å². The van der Waals surface area contributed by atoms with Gasteiger partial charge in [-0.05, 0) is 56.6 Å². The summed E-state index contributed by atoms with van der Waals surface area (Å²) in [5.74, 6) is -12.4. The third-order valence-electron chi connectivity index (χ3n) is 5.39. The summed E-state index contributed by atoms with van der Waals surface area (Å²) in [4.78, 5) is 21.9. The lowest BCUT2D eigenvalue weighted by molar-refractivity contribution is 0.101. The summed E-state index contributed by atoms with van der Waals surface area (Å²) in [5.41, 5.74) is 0.682. The molecule has 0 atom stereocenters. The molecule has 30 heavy (non-hydrogen) atoms. The van der Waals surface area contributed by atoms with Gasteiger partial charge in [-0.2, -0.15) is 0 Å². The van der Waals surface area contributed by atoms with Gasteiger partial charge in [-0.3, -0.25) is 4.79 Å². The summed E-state index contributed by atoms with van der Waals surface area (Å²) >= 11 is 0. The number of aromatic nitrogens is 2. The Labute approximate surface area is 167 Å². The van der Waals surface area contributed by atoms with E-state index in [-0.39, 0.29) is 11.7 Å². The van der Waals surface area contributed by atoms with Crippen LogP contribution in [0.5, 0.6) is 0 Å². The number of nitrogens with zero attached hydrogens (tertiary/aromatic N) is 2. The van der Waals surface area contributed by atoms with Crippen LogP contribution in [-0.2, 0) is 0 Å². The number of anilines is 1. The van der Waals surface area contributed by atoms with Crippen LogP contribution in [0.4, 0.5) is 27.8 Å². The van der Waals surface area contributed by atoms with Crippen molar-refractivity contribution >= 4 is 22.8 Å². The minimum atomic E-state index is -2.32. The molecular formula is C20H17F5N4O. The third-order valence-corrected chi connectivity index (χ3v) is 5.39. The van der Waals surface area contributed by atoms with E-state index in [4.69, 9.17) is 0 Å². The minimum absolute atomic E-state index is 0.0646. The zero-order valence-electron chi connectivity index (χ0n) is 15.8. The van der Waals surface area contributed by atoms with Crippen LogP contribution in [0.15, 0.2) is 18.3 Å². The second-order valence-electron chi connectivity index (χ2n) is 7.31. The van der Waals surface area contributed by atoms with Gasteiger partial charge in [0.15, 0.2) is 23.3 Å². The zero-order chi connectivity index (χ0) is 21.6. The van der Waals surface area contributed by atoms with Crippen molar-refractivity contribution in [1.82, 2.24) is 14.9 Å². The number of nitrogens with one attached hydrogen (secondary N) is 2. The highest BCUT2D eigenvalue weighted by Crippen LogP contribution is 2.32. The fourth-order valence-corrected chi connectivity index (χ4v) is 3.70. The lowest BCUT2D eigenvalue weighted by Crippen LogP contribution is -2.29. The number of amides is 1. The van der Waals surface area contributed by atoms with Crippen molar-refractivity contribution in [2.24, 2.45) is 0 Å². The molecule has 1 saturated heterocycles. The number of rotatable bonds is 3. The van der Waals surface area contributed by atoms with E-state index in [1.165, 1.54) is 6.07 Å². The predicted molar refractivity (Wildman–Crippen MR) is 99.8 cm³/mol. The number of likely N-dealkylation sites (tertiary alicyclic amines) is 1. The van der Waals surface area contributed by atoms with E-state index in [1.807, 2.05) is 13.2 Å². The molecule has 0 saturated carbocycles. The fraction of sp³-hybridized carbons (Fsp3) is 0.300. The normalized spacial score (nSPS) is 15.7. The minimum Gasteiger partial charge on any atom is -0.360 e. The highest BCUT2D eigenvalue weighted by atomic mass is 19.2. The predicted octanol–water partition coefficient (Wildman–Crippen LogP) is 4.32. The van der Waals surface area contributed by atoms with Crippen molar-refractivity contribution in [2.45, 2.75) is 18.8 Å². The van der Waals surface area contributed by atoms with Gasteiger partial charge in [0.1, 0.15) is 11.4 Å². The summed E-state index contributed by atoms with van der Waals surface area (Å²) in [5, 5.41) is 2.12. The van der Waals surface area contributed by atoms with E-state index in [2.05, 4.69) is 20.2 Å². The maximum absolute atomic E-state index is 13.9. The molecule has 0 spiro atoms. The largest absolute Gasteiger partial charge is 0.360 e. The van der Waals surface area contributed by atoms with Crippen LogP contribution in [0.25, 0.3) is 11.0 Å². The first-order valence-corrected chi connectivity index (χ1v) is 9.27. The molecule has 5 nitrogen and oxygen atoms in total. The number of halogens is 5. The topological polar surface area (TPSA) is 61.0 Å². The smallest absolute Gasteiger partial charge is 0.263 e. The van der Waals surface area contributed by atoms with Crippen molar-refractivity contribution in [1.29, 1.82) is 0 Å². The van der Waals surface area contributed by atoms with E-state index in [9.17, 15) is 26.7 Å². The van der Waals surface area contributed by atoms with E-state index in [1.54, 1.807) is 6.07 Å². The van der Waals surface area contributed by atoms with E-state index in [0.29, 0.717) is 11.0 Å². The zero-order valence-corrected chi connectivity index (χ0v) is 15.8. The summed E-state index contributed by atoms with van der Waals surface area (Å²) in [6.07, 6.45) is 3.68. The number of carbonyl (C=O) groups excluding carboxylic acids is 1. The van der Waals surface area contributed by atoms with Gasteiger partial charge < -0.3 is 15.2 Å². The molecule has 3 heterocycles. The van der Waals surface area contributed by atoms with Crippen molar-refractivity contribution in [3.63, 3.8) is 0 Å². The van der Waals surface area contributed by atoms with Crippen molar-refractivity contribution < 1.29 is 26.7 Å². The highest BCUT2D eigenvalue weighted by Gasteiger charge is 2.30. The van der Waals surface area contributed by atoms with Crippen molar-refractivity contribution in [3.8, 4) is 0 Å². The average Bonchev–Trinajstić information content (AvgIpc) is 3.15. The van der Waals surface area contributed by atoms with Crippen molar-refractivity contribution in [3.05, 3.63) is 58.5 Å². The van der Waals surface area contributed by atoms with Crippen LogP contribution >= 0.6 is 0 Å². The Balaban J connectivity index is 1.65. The fourth-order valence-electron chi connectivity index (χ4n) is 3.70. The first-order chi connectivity index (χ1) is 14.3. The molecule has 0 aliphatic carbocycles. The first kappa shape index (κ1) is 20.3. The van der Waals surface area contributed by atoms with Gasteiger partial charge in [0.2, 0.25) is 5.82 Å². The summed E-state index contributed by atoms with van der Waals surface area (Å²) < 4.78 is 67.7. The number of benzene rings is 1. The van der Waals surface area contributed by atoms with Gasteiger partial charge in [-0.15, -0.1) is 0 Å². The van der Waals surface area contributed by atoms with Gasteiger partial charge in [0.25, 0.3) is 5.91 Å². The quantitative estimate of drug-likeness (QED) is 0.374. The molecule has 0 unspecified atom stereocenters. The molecule has 10 heteroatoms. The Morgan fingerprint density at radius 1 is 1.03 bits per heavy atom. The van der Waals surface area contributed by atoms with Crippen LogP contribution < -0.4 is 5.32 Å². The number of aromatic amines is 1. The molecule has 1 aromatic carbocycles. The Hall–Kier alpha value is -3.01. The second kappa shape index (κ2) is 7.67. The Morgan fingerprint density at radius 3 is 2.27 bits per heavy atom. The standard InChI is InChI=1S/C20H17F5N4O/c1-29-6-4-9(5-7-29)10-8-26-11-2-3-12(27-19(10)11)28-20(30)13-14(21)16(23)18(25)17(24)15(13)22/h2-3,8-9,26H,4-7H2,1H3,(H,27,28,30). The molecule has 0 radical (unpaired) electrons. The second-order valence-corrected chi connectivity index (χ2v) is 7.31. The van der Waals surface area contributed by atoms with E-state index < -0.39 is 40.6 Å². The van der Waals surface area contributed by atoms with Gasteiger partial charge in [-0.25, -0.2) is 26.9 Å². The molecule has 1 aliphatic rings. The molecule has 1 amide bonds. The SMILES string of the molecule is CN1CCC(c2c[nH]c3ccc(NC(=O)c4c(F)c(F)c(F)c(F)c4F)nc23)CC1. The van der Waals surface area contributed by atoms with Crippen LogP contribution in [0.3, 0.4) is 0 Å². The van der Waals surface area contributed by atoms with Gasteiger partial charge in [0.05, 0.1) is 11.0 Å².